The van der Waals surface area contributed by atoms with Gasteiger partial charge < -0.3 is 43.0 Å². The van der Waals surface area contributed by atoms with Crippen LogP contribution < -0.4 is 19.3 Å². The van der Waals surface area contributed by atoms with Crippen molar-refractivity contribution in [2.75, 3.05) is 62.4 Å². The maximum absolute atomic E-state index is 12.8. The van der Waals surface area contributed by atoms with E-state index in [0.717, 1.165) is 36.0 Å². The van der Waals surface area contributed by atoms with Crippen LogP contribution >= 0.6 is 0 Å². The molecule has 71 heavy (non-hydrogen) atoms. The van der Waals surface area contributed by atoms with Gasteiger partial charge >= 0.3 is 29.8 Å². The van der Waals surface area contributed by atoms with Crippen LogP contribution in [0.1, 0.15) is 75.0 Å². The Balaban J connectivity index is 0.881. The van der Waals surface area contributed by atoms with Gasteiger partial charge in [-0.25, -0.2) is 0 Å². The topological polar surface area (TPSA) is 174 Å². The highest BCUT2D eigenvalue weighted by atomic mass is 16.6. The fraction of sp³-hybridized carbons (Fsp3) is 0.357. The van der Waals surface area contributed by atoms with Gasteiger partial charge in [0.2, 0.25) is 0 Å². The molecule has 0 saturated heterocycles. The summed E-state index contributed by atoms with van der Waals surface area (Å²) in [7, 11) is 0. The van der Waals surface area contributed by atoms with Crippen molar-refractivity contribution in [1.29, 1.82) is 0 Å². The van der Waals surface area contributed by atoms with Crippen LogP contribution in [0.5, 0.6) is 11.5 Å². The van der Waals surface area contributed by atoms with Crippen LogP contribution in [0.4, 0.5) is 11.4 Å². The summed E-state index contributed by atoms with van der Waals surface area (Å²) < 4.78 is 38.6. The zero-order valence-corrected chi connectivity index (χ0v) is 40.4. The van der Waals surface area contributed by atoms with Crippen LogP contribution in [0, 0.1) is 0 Å². The Labute approximate surface area is 415 Å². The molecule has 5 aromatic carbocycles. The first-order valence-electron chi connectivity index (χ1n) is 23.9. The number of hydrogen-bond donors (Lipinski definition) is 0. The molecule has 0 bridgehead atoms. The molecule has 0 saturated carbocycles. The van der Waals surface area contributed by atoms with Crippen molar-refractivity contribution in [2.45, 2.75) is 78.1 Å². The second-order valence-electron chi connectivity index (χ2n) is 16.6. The van der Waals surface area contributed by atoms with Crippen molar-refractivity contribution in [3.05, 3.63) is 156 Å². The number of esters is 5. The highest BCUT2D eigenvalue weighted by molar-refractivity contribution is 5.84. The predicted octanol–water partition coefficient (Wildman–Crippen LogP) is 8.78. The van der Waals surface area contributed by atoms with E-state index in [9.17, 15) is 28.8 Å². The summed E-state index contributed by atoms with van der Waals surface area (Å²) in [5.41, 5.74) is 3.90. The molecule has 0 atom stereocenters. The van der Waals surface area contributed by atoms with Crippen LogP contribution in [0.15, 0.2) is 140 Å². The molecule has 0 amide bonds. The molecule has 0 N–H and O–H groups in total. The second-order valence-corrected chi connectivity index (χ2v) is 16.6. The van der Waals surface area contributed by atoms with Crippen molar-refractivity contribution >= 4 is 47.0 Å². The summed E-state index contributed by atoms with van der Waals surface area (Å²) in [6.45, 7) is 2.39. The van der Waals surface area contributed by atoms with Gasteiger partial charge in [0.25, 0.3) is 0 Å². The van der Waals surface area contributed by atoms with Gasteiger partial charge in [0, 0.05) is 24.2 Å². The number of carbonyl (C=O) groups is 6. The molecule has 0 aromatic heterocycles. The number of carbonyl (C=O) groups excluding carboxylic acids is 6. The predicted molar refractivity (Wildman–Crippen MR) is 267 cm³/mol. The van der Waals surface area contributed by atoms with Crippen molar-refractivity contribution in [2.24, 2.45) is 0 Å². The molecule has 15 heteroatoms. The number of Topliss-reactive ketones (excluding diaryl/α,β-unsaturated/α-hetero) is 1. The maximum atomic E-state index is 12.8. The van der Waals surface area contributed by atoms with Gasteiger partial charge in [0.15, 0.2) is 0 Å². The first-order chi connectivity index (χ1) is 34.6. The minimum Gasteiger partial charge on any atom is -0.494 e. The van der Waals surface area contributed by atoms with Gasteiger partial charge in [0.05, 0.1) is 19.8 Å². The smallest absolute Gasteiger partial charge is 0.325 e. The third kappa shape index (κ3) is 22.5. The molecule has 376 valence electrons. The lowest BCUT2D eigenvalue weighted by molar-refractivity contribution is -0.152. The number of hydrogen-bond acceptors (Lipinski definition) is 15. The van der Waals surface area contributed by atoms with Gasteiger partial charge in [-0.2, -0.15) is 0 Å². The van der Waals surface area contributed by atoms with Crippen molar-refractivity contribution < 1.29 is 61.9 Å². The van der Waals surface area contributed by atoms with Crippen molar-refractivity contribution in [3.63, 3.8) is 0 Å². The first kappa shape index (κ1) is 54.3. The molecule has 15 nitrogen and oxygen atoms in total. The van der Waals surface area contributed by atoms with Crippen LogP contribution in [-0.4, -0.2) is 88.2 Å². The normalized spacial score (nSPS) is 10.6. The van der Waals surface area contributed by atoms with Crippen LogP contribution in [0.25, 0.3) is 0 Å². The standard InChI is InChI=1S/C56H64N2O13/c1-44(59)37-57(38-54(62)69-41-45-17-7-2-8-18-45)48-25-29-50(30-26-48)65-33-15-5-13-23-52(60)67-35-36-68-53(61)24-14-6-16-34-66-51-31-27-49(28-32-51)58(39-55(63)70-42-46-19-9-3-10-20-46)40-56(64)71-43-47-21-11-4-12-22-47/h2-4,7-12,17-22,25-32H,5-6,13-16,23-24,33-43H2,1H3. The highest BCUT2D eigenvalue weighted by Crippen LogP contribution is 2.22. The number of rotatable bonds is 33. The zero-order chi connectivity index (χ0) is 50.3. The van der Waals surface area contributed by atoms with Gasteiger partial charge in [-0.05, 0) is 111 Å². The molecule has 0 aliphatic heterocycles. The Kier molecular flexibility index (Phi) is 24.0. The van der Waals surface area contributed by atoms with Crippen molar-refractivity contribution in [3.8, 4) is 11.5 Å². The fourth-order valence-corrected chi connectivity index (χ4v) is 7.00. The van der Waals surface area contributed by atoms with E-state index in [2.05, 4.69) is 0 Å². The molecule has 0 aliphatic carbocycles. The maximum Gasteiger partial charge on any atom is 0.325 e. The van der Waals surface area contributed by atoms with E-state index in [1.165, 1.54) is 6.92 Å². The average Bonchev–Trinajstić information content (AvgIpc) is 3.38. The van der Waals surface area contributed by atoms with Gasteiger partial charge in [-0.3, -0.25) is 28.8 Å². The lowest BCUT2D eigenvalue weighted by Crippen LogP contribution is -2.36. The lowest BCUT2D eigenvalue weighted by atomic mass is 10.2. The van der Waals surface area contributed by atoms with E-state index in [0.29, 0.717) is 55.4 Å². The van der Waals surface area contributed by atoms with E-state index in [1.807, 2.05) is 91.0 Å². The minimum atomic E-state index is -0.489. The molecule has 0 aliphatic rings. The molecule has 0 fully saturated rings. The number of anilines is 2. The van der Waals surface area contributed by atoms with Crippen molar-refractivity contribution in [1.82, 2.24) is 0 Å². The lowest BCUT2D eigenvalue weighted by Gasteiger charge is -2.23. The summed E-state index contributed by atoms with van der Waals surface area (Å²) in [6, 6.07) is 42.3. The van der Waals surface area contributed by atoms with E-state index in [1.54, 1.807) is 58.3 Å². The highest BCUT2D eigenvalue weighted by Gasteiger charge is 2.19. The van der Waals surface area contributed by atoms with Crippen LogP contribution in [0.2, 0.25) is 0 Å². The van der Waals surface area contributed by atoms with Crippen LogP contribution in [-0.2, 0) is 72.3 Å². The molecule has 0 spiro atoms. The largest absolute Gasteiger partial charge is 0.494 e. The fourth-order valence-electron chi connectivity index (χ4n) is 7.00. The van der Waals surface area contributed by atoms with E-state index >= 15 is 0 Å². The SMILES string of the molecule is CC(=O)CN(CC(=O)OCc1ccccc1)c1ccc(OCCCCCC(=O)OCCOC(=O)CCCCCOc2ccc(N(CC(=O)OCc3ccccc3)CC(=O)OCc3ccccc3)cc2)cc1. The summed E-state index contributed by atoms with van der Waals surface area (Å²) in [5.74, 6) is -0.961. The summed E-state index contributed by atoms with van der Waals surface area (Å²) in [6.07, 6.45) is 4.62. The zero-order valence-electron chi connectivity index (χ0n) is 40.4. The Bertz CT molecular complexity index is 2310. The molecular formula is C56H64N2O13. The Morgan fingerprint density at radius 2 is 0.690 bits per heavy atom. The third-order valence-corrected chi connectivity index (χ3v) is 10.7. The number of nitrogens with zero attached hydrogens (tertiary/aromatic N) is 2. The first-order valence-corrected chi connectivity index (χ1v) is 23.9. The summed E-state index contributed by atoms with van der Waals surface area (Å²) in [5, 5.41) is 0. The Morgan fingerprint density at radius 3 is 1.03 bits per heavy atom. The average molecular weight is 973 g/mol. The third-order valence-electron chi connectivity index (χ3n) is 10.7. The number of ether oxygens (including phenoxy) is 7. The van der Waals surface area contributed by atoms with Gasteiger partial charge in [-0.15, -0.1) is 0 Å². The summed E-state index contributed by atoms with van der Waals surface area (Å²) >= 11 is 0. The Hall–Kier alpha value is -7.68. The second kappa shape index (κ2) is 31.4. The summed E-state index contributed by atoms with van der Waals surface area (Å²) in [4.78, 5) is 77.8. The van der Waals surface area contributed by atoms with Gasteiger partial charge in [0.1, 0.15) is 70.0 Å². The van der Waals surface area contributed by atoms with E-state index in [-0.39, 0.29) is 89.8 Å². The monoisotopic (exact) mass is 972 g/mol. The molecule has 0 radical (unpaired) electrons. The molecule has 0 heterocycles. The van der Waals surface area contributed by atoms with E-state index in [4.69, 9.17) is 33.2 Å². The number of benzene rings is 5. The molecule has 5 rings (SSSR count). The van der Waals surface area contributed by atoms with Gasteiger partial charge in [-0.1, -0.05) is 91.0 Å². The molecule has 0 unspecified atom stereocenters. The number of unbranched alkanes of at least 4 members (excludes halogenated alkanes) is 4. The molecule has 5 aromatic rings. The van der Waals surface area contributed by atoms with Crippen LogP contribution in [0.3, 0.4) is 0 Å². The minimum absolute atomic E-state index is 0.0104. The Morgan fingerprint density at radius 1 is 0.352 bits per heavy atom. The van der Waals surface area contributed by atoms with E-state index < -0.39 is 17.9 Å². The molecular weight excluding hydrogens is 909 g/mol. The number of ketones is 1. The quantitative estimate of drug-likeness (QED) is 0.0222.